The predicted octanol–water partition coefficient (Wildman–Crippen LogP) is 2.39. The molecule has 2 N–H and O–H groups in total. The van der Waals surface area contributed by atoms with Crippen LogP contribution in [0.1, 0.15) is 5.69 Å². The number of benzene rings is 1. The molecule has 5 heteroatoms. The van der Waals surface area contributed by atoms with Crippen molar-refractivity contribution in [3.05, 3.63) is 60.7 Å². The molecule has 0 saturated carbocycles. The Labute approximate surface area is 116 Å². The van der Waals surface area contributed by atoms with Gasteiger partial charge in [0.1, 0.15) is 11.9 Å². The average Bonchev–Trinajstić information content (AvgIpc) is 2.96. The second-order valence-corrected chi connectivity index (χ2v) is 4.23. The number of rotatable bonds is 2. The van der Waals surface area contributed by atoms with Crippen molar-refractivity contribution in [2.75, 3.05) is 5.73 Å². The Morgan fingerprint density at radius 1 is 1.10 bits per heavy atom. The Hall–Kier alpha value is -3.13. The molecule has 96 valence electrons. The molecule has 0 amide bonds. The summed E-state index contributed by atoms with van der Waals surface area (Å²) in [4.78, 5) is 8.42. The Balaban J connectivity index is 2.19. The van der Waals surface area contributed by atoms with Gasteiger partial charge in [-0.15, -0.1) is 0 Å². The molecule has 1 aromatic carbocycles. The Morgan fingerprint density at radius 3 is 2.80 bits per heavy atom. The van der Waals surface area contributed by atoms with Gasteiger partial charge < -0.3 is 5.73 Å². The van der Waals surface area contributed by atoms with Crippen molar-refractivity contribution in [2.24, 2.45) is 0 Å². The number of imidazole rings is 1. The summed E-state index contributed by atoms with van der Waals surface area (Å²) in [5, 5.41) is 9.16. The van der Waals surface area contributed by atoms with E-state index in [9.17, 15) is 0 Å². The number of nitriles is 1. The first-order chi connectivity index (χ1) is 9.79. The predicted molar refractivity (Wildman–Crippen MR) is 75.9 cm³/mol. The third kappa shape index (κ3) is 1.99. The van der Waals surface area contributed by atoms with Crippen LogP contribution in [0.5, 0.6) is 0 Å². The Morgan fingerprint density at radius 2 is 2.00 bits per heavy atom. The standard InChI is InChI=1S/C15H11N5/c16-10-13-14(5-2-6-18-13)20-8-7-19-15(20)11-3-1-4-12(17)9-11/h1-9H,17H2. The van der Waals surface area contributed by atoms with Gasteiger partial charge in [-0.05, 0) is 24.3 Å². The summed E-state index contributed by atoms with van der Waals surface area (Å²) in [5.74, 6) is 0.724. The highest BCUT2D eigenvalue weighted by atomic mass is 15.1. The van der Waals surface area contributed by atoms with E-state index in [2.05, 4.69) is 16.0 Å². The summed E-state index contributed by atoms with van der Waals surface area (Å²) in [7, 11) is 0. The summed E-state index contributed by atoms with van der Waals surface area (Å²) in [6.45, 7) is 0. The van der Waals surface area contributed by atoms with Crippen molar-refractivity contribution >= 4 is 5.69 Å². The first kappa shape index (κ1) is 11.9. The van der Waals surface area contributed by atoms with Gasteiger partial charge in [0.05, 0.1) is 5.69 Å². The van der Waals surface area contributed by atoms with Gasteiger partial charge in [0.25, 0.3) is 0 Å². The quantitative estimate of drug-likeness (QED) is 0.718. The molecule has 3 aromatic rings. The molecule has 0 unspecified atom stereocenters. The maximum atomic E-state index is 9.16. The van der Waals surface area contributed by atoms with Crippen LogP contribution in [0.4, 0.5) is 5.69 Å². The zero-order valence-corrected chi connectivity index (χ0v) is 10.6. The topological polar surface area (TPSA) is 80.5 Å². The second kappa shape index (κ2) is 4.86. The van der Waals surface area contributed by atoms with Crippen molar-refractivity contribution in [1.29, 1.82) is 5.26 Å². The van der Waals surface area contributed by atoms with Crippen LogP contribution < -0.4 is 5.73 Å². The minimum Gasteiger partial charge on any atom is -0.399 e. The van der Waals surface area contributed by atoms with Gasteiger partial charge in [-0.3, -0.25) is 4.57 Å². The second-order valence-electron chi connectivity index (χ2n) is 4.23. The fourth-order valence-corrected chi connectivity index (χ4v) is 2.07. The molecule has 2 heterocycles. The van der Waals surface area contributed by atoms with Crippen LogP contribution in [-0.4, -0.2) is 14.5 Å². The molecule has 0 saturated heterocycles. The van der Waals surface area contributed by atoms with E-state index in [1.807, 2.05) is 34.9 Å². The fraction of sp³-hybridized carbons (Fsp3) is 0. The van der Waals surface area contributed by atoms with E-state index >= 15 is 0 Å². The van der Waals surface area contributed by atoms with E-state index < -0.39 is 0 Å². The molecule has 0 spiro atoms. The normalized spacial score (nSPS) is 10.2. The lowest BCUT2D eigenvalue weighted by atomic mass is 10.2. The van der Waals surface area contributed by atoms with Gasteiger partial charge in [-0.1, -0.05) is 12.1 Å². The molecule has 0 aliphatic heterocycles. The number of nitrogen functional groups attached to an aromatic ring is 1. The van der Waals surface area contributed by atoms with Crippen LogP contribution in [0.15, 0.2) is 55.0 Å². The van der Waals surface area contributed by atoms with Gasteiger partial charge in [-0.2, -0.15) is 5.26 Å². The molecule has 3 rings (SSSR count). The smallest absolute Gasteiger partial charge is 0.164 e. The number of pyridine rings is 1. The number of nitrogens with zero attached hydrogens (tertiary/aromatic N) is 4. The number of hydrogen-bond donors (Lipinski definition) is 1. The molecular weight excluding hydrogens is 250 g/mol. The molecule has 5 nitrogen and oxygen atoms in total. The lowest BCUT2D eigenvalue weighted by molar-refractivity contribution is 1.04. The number of aromatic nitrogens is 3. The van der Waals surface area contributed by atoms with E-state index in [0.29, 0.717) is 17.1 Å². The third-order valence-corrected chi connectivity index (χ3v) is 2.94. The summed E-state index contributed by atoms with van der Waals surface area (Å²) < 4.78 is 1.83. The van der Waals surface area contributed by atoms with Crippen LogP contribution in [0.2, 0.25) is 0 Å². The minimum atomic E-state index is 0.357. The summed E-state index contributed by atoms with van der Waals surface area (Å²) in [6, 6.07) is 13.2. The molecule has 0 bridgehead atoms. The van der Waals surface area contributed by atoms with E-state index in [1.54, 1.807) is 24.7 Å². The maximum absolute atomic E-state index is 9.16. The molecule has 2 aromatic heterocycles. The van der Waals surface area contributed by atoms with Gasteiger partial charge in [0, 0.05) is 29.8 Å². The van der Waals surface area contributed by atoms with E-state index in [1.165, 1.54) is 0 Å². The molecule has 0 fully saturated rings. The highest BCUT2D eigenvalue weighted by Crippen LogP contribution is 2.23. The summed E-state index contributed by atoms with van der Waals surface area (Å²) in [5.41, 5.74) is 8.43. The van der Waals surface area contributed by atoms with Crippen LogP contribution in [-0.2, 0) is 0 Å². The molecule has 0 radical (unpaired) electrons. The SMILES string of the molecule is N#Cc1ncccc1-n1ccnc1-c1cccc(N)c1. The summed E-state index contributed by atoms with van der Waals surface area (Å²) >= 11 is 0. The molecule has 0 aliphatic carbocycles. The maximum Gasteiger partial charge on any atom is 0.164 e. The molecule has 0 aliphatic rings. The van der Waals surface area contributed by atoms with E-state index in [0.717, 1.165) is 11.4 Å². The van der Waals surface area contributed by atoms with Gasteiger partial charge >= 0.3 is 0 Å². The number of anilines is 1. The lowest BCUT2D eigenvalue weighted by Gasteiger charge is -2.09. The van der Waals surface area contributed by atoms with Crippen molar-refractivity contribution in [2.45, 2.75) is 0 Å². The average molecular weight is 261 g/mol. The first-order valence-corrected chi connectivity index (χ1v) is 6.04. The fourth-order valence-electron chi connectivity index (χ4n) is 2.07. The van der Waals surface area contributed by atoms with Crippen LogP contribution in [0, 0.1) is 11.3 Å². The van der Waals surface area contributed by atoms with E-state index in [-0.39, 0.29) is 0 Å². The highest BCUT2D eigenvalue weighted by Gasteiger charge is 2.11. The first-order valence-electron chi connectivity index (χ1n) is 6.04. The van der Waals surface area contributed by atoms with Crippen LogP contribution >= 0.6 is 0 Å². The van der Waals surface area contributed by atoms with Gasteiger partial charge in [0.15, 0.2) is 5.69 Å². The van der Waals surface area contributed by atoms with Crippen LogP contribution in [0.3, 0.4) is 0 Å². The van der Waals surface area contributed by atoms with Crippen molar-refractivity contribution in [3.8, 4) is 23.1 Å². The van der Waals surface area contributed by atoms with Crippen molar-refractivity contribution in [1.82, 2.24) is 14.5 Å². The van der Waals surface area contributed by atoms with E-state index in [4.69, 9.17) is 11.0 Å². The minimum absolute atomic E-state index is 0.357. The zero-order valence-electron chi connectivity index (χ0n) is 10.6. The molecular formula is C15H11N5. The van der Waals surface area contributed by atoms with Crippen molar-refractivity contribution in [3.63, 3.8) is 0 Å². The number of hydrogen-bond acceptors (Lipinski definition) is 4. The summed E-state index contributed by atoms with van der Waals surface area (Å²) in [6.07, 6.45) is 5.09. The number of nitrogens with two attached hydrogens (primary N) is 1. The monoisotopic (exact) mass is 261 g/mol. The van der Waals surface area contributed by atoms with Crippen molar-refractivity contribution < 1.29 is 0 Å². The largest absolute Gasteiger partial charge is 0.399 e. The van der Waals surface area contributed by atoms with Crippen LogP contribution in [0.25, 0.3) is 17.1 Å². The zero-order chi connectivity index (χ0) is 13.9. The van der Waals surface area contributed by atoms with Gasteiger partial charge in [-0.25, -0.2) is 9.97 Å². The van der Waals surface area contributed by atoms with Gasteiger partial charge in [0.2, 0.25) is 0 Å². The Bertz CT molecular complexity index is 798. The Kier molecular flexibility index (Phi) is 2.90. The molecule has 20 heavy (non-hydrogen) atoms. The molecule has 0 atom stereocenters. The third-order valence-electron chi connectivity index (χ3n) is 2.94. The lowest BCUT2D eigenvalue weighted by Crippen LogP contribution is -2.01. The highest BCUT2D eigenvalue weighted by molar-refractivity contribution is 5.64.